The largest absolute Gasteiger partial charge is 0.383 e. The Bertz CT molecular complexity index is 902. The molecule has 0 saturated heterocycles. The van der Waals surface area contributed by atoms with E-state index >= 15 is 0 Å². The van der Waals surface area contributed by atoms with E-state index in [1.807, 2.05) is 12.3 Å². The molecule has 1 fully saturated rings. The Kier molecular flexibility index (Phi) is 5.57. The Morgan fingerprint density at radius 3 is 2.93 bits per heavy atom. The number of aromatic nitrogens is 3. The summed E-state index contributed by atoms with van der Waals surface area (Å²) in [4.78, 5) is 27.7. The number of hydrogen-bond acceptors (Lipinski definition) is 5. The lowest BCUT2D eigenvalue weighted by Gasteiger charge is -2.31. The number of methoxy groups -OCH3 is 1. The van der Waals surface area contributed by atoms with Crippen LogP contribution in [0.4, 0.5) is 11.6 Å². The van der Waals surface area contributed by atoms with E-state index in [1.54, 1.807) is 7.11 Å². The molecule has 2 atom stereocenters. The number of rotatable bonds is 5. The molecule has 2 amide bonds. The van der Waals surface area contributed by atoms with Crippen molar-refractivity contribution in [1.82, 2.24) is 20.1 Å². The molecule has 4 N–H and O–H groups in total. The molecule has 156 valence electrons. The summed E-state index contributed by atoms with van der Waals surface area (Å²) in [6.07, 6.45) is 6.54. The summed E-state index contributed by atoms with van der Waals surface area (Å²) >= 11 is 0. The first-order valence-electron chi connectivity index (χ1n) is 10.2. The average Bonchev–Trinajstić information content (AvgIpc) is 3.33. The van der Waals surface area contributed by atoms with E-state index in [9.17, 15) is 9.59 Å². The van der Waals surface area contributed by atoms with Gasteiger partial charge in [0, 0.05) is 37.5 Å². The quantitative estimate of drug-likeness (QED) is 0.454. The number of ether oxygens (including phenoxy) is 1. The maximum Gasteiger partial charge on any atom is 0.314 e. The van der Waals surface area contributed by atoms with Crippen LogP contribution in [0, 0.1) is 5.92 Å². The second-order valence-electron chi connectivity index (χ2n) is 7.77. The molecular formula is C20H28N6O3. The van der Waals surface area contributed by atoms with Crippen LogP contribution in [0.1, 0.15) is 44.2 Å². The minimum absolute atomic E-state index is 0.277. The van der Waals surface area contributed by atoms with Gasteiger partial charge in [-0.1, -0.05) is 19.8 Å². The number of aromatic amines is 1. The van der Waals surface area contributed by atoms with Crippen molar-refractivity contribution in [3.63, 3.8) is 0 Å². The molecule has 1 saturated carbocycles. The highest BCUT2D eigenvalue weighted by molar-refractivity contribution is 6.39. The van der Waals surface area contributed by atoms with E-state index in [0.717, 1.165) is 29.1 Å². The SMILES string of the molecule is COCCNC(=O)C(=O)Nc1nn([C@@H]2CCCC[C@H]2C)c2c1CNc1[nH]ccc1-2. The lowest BCUT2D eigenvalue weighted by atomic mass is 9.85. The van der Waals surface area contributed by atoms with Gasteiger partial charge in [0.05, 0.1) is 18.3 Å². The van der Waals surface area contributed by atoms with Gasteiger partial charge in [0.1, 0.15) is 5.82 Å². The molecule has 4 rings (SSSR count). The van der Waals surface area contributed by atoms with Gasteiger partial charge in [0.15, 0.2) is 5.82 Å². The van der Waals surface area contributed by atoms with Gasteiger partial charge in [-0.25, -0.2) is 0 Å². The molecule has 29 heavy (non-hydrogen) atoms. The number of hydrogen-bond donors (Lipinski definition) is 4. The molecular weight excluding hydrogens is 372 g/mol. The fourth-order valence-corrected chi connectivity index (χ4v) is 4.32. The maximum absolute atomic E-state index is 12.4. The van der Waals surface area contributed by atoms with E-state index in [4.69, 9.17) is 9.84 Å². The number of anilines is 2. The van der Waals surface area contributed by atoms with Crippen LogP contribution in [-0.2, 0) is 20.9 Å². The zero-order chi connectivity index (χ0) is 20.4. The van der Waals surface area contributed by atoms with Gasteiger partial charge < -0.3 is 25.7 Å². The van der Waals surface area contributed by atoms with Crippen LogP contribution in [0.5, 0.6) is 0 Å². The lowest BCUT2D eigenvalue weighted by molar-refractivity contribution is -0.136. The predicted molar refractivity (Wildman–Crippen MR) is 110 cm³/mol. The maximum atomic E-state index is 12.4. The average molecular weight is 400 g/mol. The third kappa shape index (κ3) is 3.74. The molecule has 1 aliphatic heterocycles. The van der Waals surface area contributed by atoms with E-state index in [-0.39, 0.29) is 12.6 Å². The van der Waals surface area contributed by atoms with Crippen molar-refractivity contribution in [3.05, 3.63) is 17.8 Å². The number of H-pyrrole nitrogens is 1. The number of carbonyl (C=O) groups is 2. The zero-order valence-corrected chi connectivity index (χ0v) is 16.9. The standard InChI is InChI=1S/C20H28N6O3/c1-12-5-3-4-6-15(12)26-16-13-7-8-21-17(13)23-11-14(16)18(25-26)24-20(28)19(27)22-9-10-29-2/h7-8,12,15,21,23H,3-6,9-11H2,1-2H3,(H,22,27)(H,24,25,28)/t12-,15-/m1/s1. The van der Waals surface area contributed by atoms with Gasteiger partial charge in [0.2, 0.25) is 0 Å². The van der Waals surface area contributed by atoms with Crippen LogP contribution in [-0.4, -0.2) is 46.8 Å². The Morgan fingerprint density at radius 1 is 1.31 bits per heavy atom. The number of fused-ring (bicyclic) bond motifs is 3. The molecule has 9 heteroatoms. The minimum Gasteiger partial charge on any atom is -0.383 e. The summed E-state index contributed by atoms with van der Waals surface area (Å²) in [6, 6.07) is 2.30. The first kappa shape index (κ1) is 19.5. The van der Waals surface area contributed by atoms with Crippen molar-refractivity contribution >= 4 is 23.5 Å². The fraction of sp³-hybridized carbons (Fsp3) is 0.550. The van der Waals surface area contributed by atoms with E-state index < -0.39 is 11.8 Å². The second-order valence-corrected chi connectivity index (χ2v) is 7.77. The van der Waals surface area contributed by atoms with Gasteiger partial charge in [0.25, 0.3) is 0 Å². The summed E-state index contributed by atoms with van der Waals surface area (Å²) < 4.78 is 6.97. The van der Waals surface area contributed by atoms with Gasteiger partial charge in [-0.05, 0) is 24.8 Å². The third-order valence-corrected chi connectivity index (χ3v) is 5.86. The van der Waals surface area contributed by atoms with Crippen molar-refractivity contribution in [2.75, 3.05) is 30.9 Å². The molecule has 1 aliphatic carbocycles. The fourth-order valence-electron chi connectivity index (χ4n) is 4.32. The Balaban J connectivity index is 1.65. The highest BCUT2D eigenvalue weighted by Gasteiger charge is 2.33. The Morgan fingerprint density at radius 2 is 2.14 bits per heavy atom. The summed E-state index contributed by atoms with van der Waals surface area (Å²) in [5, 5.41) is 13.4. The highest BCUT2D eigenvalue weighted by Crippen LogP contribution is 2.43. The molecule has 0 unspecified atom stereocenters. The molecule has 2 aliphatic rings. The molecule has 3 heterocycles. The molecule has 0 aromatic carbocycles. The van der Waals surface area contributed by atoms with E-state index in [2.05, 4.69) is 32.5 Å². The van der Waals surface area contributed by atoms with Gasteiger partial charge in [-0.2, -0.15) is 5.10 Å². The molecule has 9 nitrogen and oxygen atoms in total. The summed E-state index contributed by atoms with van der Waals surface area (Å²) in [7, 11) is 1.54. The lowest BCUT2D eigenvalue weighted by Crippen LogP contribution is -2.37. The Labute approximate surface area is 169 Å². The van der Waals surface area contributed by atoms with Crippen molar-refractivity contribution < 1.29 is 14.3 Å². The highest BCUT2D eigenvalue weighted by atomic mass is 16.5. The van der Waals surface area contributed by atoms with Gasteiger partial charge in [-0.15, -0.1) is 0 Å². The van der Waals surface area contributed by atoms with Crippen molar-refractivity contribution in [2.45, 2.75) is 45.2 Å². The van der Waals surface area contributed by atoms with Crippen LogP contribution in [0.25, 0.3) is 11.3 Å². The normalized spacial score (nSPS) is 20.3. The Hall–Kier alpha value is -2.81. The van der Waals surface area contributed by atoms with Crippen LogP contribution in [0.2, 0.25) is 0 Å². The summed E-state index contributed by atoms with van der Waals surface area (Å²) in [6.45, 7) is 3.43. The zero-order valence-electron chi connectivity index (χ0n) is 16.9. The number of nitrogens with zero attached hydrogens (tertiary/aromatic N) is 2. The van der Waals surface area contributed by atoms with Crippen molar-refractivity contribution in [2.24, 2.45) is 5.92 Å². The first-order chi connectivity index (χ1) is 14.1. The van der Waals surface area contributed by atoms with Crippen LogP contribution in [0.3, 0.4) is 0 Å². The monoisotopic (exact) mass is 400 g/mol. The second kappa shape index (κ2) is 8.28. The first-order valence-corrected chi connectivity index (χ1v) is 10.2. The van der Waals surface area contributed by atoms with Crippen molar-refractivity contribution in [1.29, 1.82) is 0 Å². The van der Waals surface area contributed by atoms with Crippen molar-refractivity contribution in [3.8, 4) is 11.3 Å². The summed E-state index contributed by atoms with van der Waals surface area (Å²) in [5.74, 6) is 0.500. The smallest absolute Gasteiger partial charge is 0.314 e. The molecule has 2 aromatic rings. The molecule has 0 bridgehead atoms. The van der Waals surface area contributed by atoms with Crippen LogP contribution >= 0.6 is 0 Å². The molecule has 0 radical (unpaired) electrons. The summed E-state index contributed by atoms with van der Waals surface area (Å²) in [5.41, 5.74) is 2.98. The van der Waals surface area contributed by atoms with Crippen LogP contribution < -0.4 is 16.0 Å². The number of carbonyl (C=O) groups excluding carboxylic acids is 2. The van der Waals surface area contributed by atoms with Gasteiger partial charge >= 0.3 is 11.8 Å². The topological polar surface area (TPSA) is 113 Å². The number of nitrogens with one attached hydrogen (secondary N) is 4. The van der Waals surface area contributed by atoms with Crippen LogP contribution in [0.15, 0.2) is 12.3 Å². The number of amides is 2. The van der Waals surface area contributed by atoms with Gasteiger partial charge in [-0.3, -0.25) is 14.3 Å². The van der Waals surface area contributed by atoms with E-state index in [0.29, 0.717) is 24.9 Å². The third-order valence-electron chi connectivity index (χ3n) is 5.86. The predicted octanol–water partition coefficient (Wildman–Crippen LogP) is 2.26. The minimum atomic E-state index is -0.717. The van der Waals surface area contributed by atoms with E-state index in [1.165, 1.54) is 19.3 Å². The molecule has 0 spiro atoms. The molecule has 2 aromatic heterocycles.